The van der Waals surface area contributed by atoms with Crippen molar-refractivity contribution in [2.45, 2.75) is 13.8 Å². The highest BCUT2D eigenvalue weighted by atomic mass is 16.5. The molecule has 5 nitrogen and oxygen atoms in total. The molecule has 0 aromatic carbocycles. The summed E-state index contributed by atoms with van der Waals surface area (Å²) in [7, 11) is 0. The van der Waals surface area contributed by atoms with Crippen molar-refractivity contribution in [3.8, 4) is 0 Å². The van der Waals surface area contributed by atoms with E-state index in [-0.39, 0.29) is 5.65 Å². The molecule has 0 saturated heterocycles. The Labute approximate surface area is 79.8 Å². The van der Waals surface area contributed by atoms with Gasteiger partial charge in [0.05, 0.1) is 5.69 Å². The molecule has 0 aliphatic heterocycles. The first-order chi connectivity index (χ1) is 6.63. The van der Waals surface area contributed by atoms with Crippen LogP contribution in [0.1, 0.15) is 11.4 Å². The van der Waals surface area contributed by atoms with Crippen molar-refractivity contribution < 1.29 is 4.43 Å². The van der Waals surface area contributed by atoms with Crippen LogP contribution in [0.4, 0.5) is 0 Å². The number of fused-ring (bicyclic) bond motifs is 1. The molecule has 0 unspecified atom stereocenters. The van der Waals surface area contributed by atoms with Gasteiger partial charge in [0.1, 0.15) is 11.7 Å². The summed E-state index contributed by atoms with van der Waals surface area (Å²) in [5.41, 5.74) is 1.24. The van der Waals surface area contributed by atoms with Crippen molar-refractivity contribution in [1.82, 2.24) is 9.71 Å². The zero-order chi connectivity index (χ0) is 10.3. The molecule has 0 spiro atoms. The summed E-state index contributed by atoms with van der Waals surface area (Å²) in [6.45, 7) is 3.22. The Morgan fingerprint density at radius 1 is 1.50 bits per heavy atom. The van der Waals surface area contributed by atoms with Crippen LogP contribution in [-0.4, -0.2) is 9.71 Å². The largest absolute Gasteiger partial charge is 0.805 e. The normalized spacial score (nSPS) is 10.7. The summed E-state index contributed by atoms with van der Waals surface area (Å²) in [5.74, 6) is 0. The first-order valence-corrected chi connectivity index (χ1v) is 4.20. The Bertz CT molecular complexity index is 560. The summed E-state index contributed by atoms with van der Waals surface area (Å²) >= 11 is 0. The molecule has 2 heterocycles. The van der Waals surface area contributed by atoms with Crippen LogP contribution in [0.5, 0.6) is 0 Å². The summed E-state index contributed by atoms with van der Waals surface area (Å²) in [5, 5.41) is 11.6. The molecule has 2 aromatic heterocycles. The average molecular weight is 191 g/mol. The first kappa shape index (κ1) is 8.68. The summed E-state index contributed by atoms with van der Waals surface area (Å²) in [4.78, 5) is 15.5. The minimum absolute atomic E-state index is 0.158. The second kappa shape index (κ2) is 2.80. The topological polar surface area (TPSA) is 63.8 Å². The number of nitrogens with zero attached hydrogens (tertiary/aromatic N) is 3. The standard InChI is InChI=1S/C9H9N3O2/c1-6-7(2)12(14)9-8(11(6)13)4-3-5-10-9/h3-5H,1-2H3. The molecule has 14 heavy (non-hydrogen) atoms. The van der Waals surface area contributed by atoms with Crippen LogP contribution in [0.2, 0.25) is 0 Å². The van der Waals surface area contributed by atoms with Gasteiger partial charge in [-0.05, 0) is 24.0 Å². The average Bonchev–Trinajstić information content (AvgIpc) is 2.23. The summed E-state index contributed by atoms with van der Waals surface area (Å²) in [6.07, 6.45) is 1.49. The van der Waals surface area contributed by atoms with Crippen molar-refractivity contribution >= 4 is 11.2 Å². The van der Waals surface area contributed by atoms with E-state index in [4.69, 9.17) is 0 Å². The molecule has 2 aromatic rings. The van der Waals surface area contributed by atoms with Gasteiger partial charge in [-0.25, -0.2) is 0 Å². The van der Waals surface area contributed by atoms with Gasteiger partial charge in [0, 0.05) is 11.4 Å². The lowest BCUT2D eigenvalue weighted by atomic mass is 10.3. The molecule has 0 aliphatic rings. The molecule has 0 amide bonds. The van der Waals surface area contributed by atoms with Gasteiger partial charge in [0.2, 0.25) is 0 Å². The Morgan fingerprint density at radius 2 is 2.21 bits per heavy atom. The van der Waals surface area contributed by atoms with E-state index in [1.54, 1.807) is 26.0 Å². The van der Waals surface area contributed by atoms with Crippen LogP contribution in [0, 0.1) is 24.0 Å². The van der Waals surface area contributed by atoms with E-state index >= 15 is 0 Å². The van der Waals surface area contributed by atoms with E-state index in [9.17, 15) is 10.1 Å². The SMILES string of the molecule is Cc1c(C)[n+](=O)c2ncccc2n1[O-]. The number of hydrogen-bond acceptors (Lipinski definition) is 3. The van der Waals surface area contributed by atoms with E-state index in [1.165, 1.54) is 6.20 Å². The lowest BCUT2D eigenvalue weighted by Gasteiger charge is -2.15. The van der Waals surface area contributed by atoms with Gasteiger partial charge in [0.25, 0.3) is 0 Å². The number of pyridine rings is 1. The van der Waals surface area contributed by atoms with Gasteiger partial charge in [-0.1, -0.05) is 4.91 Å². The maximum atomic E-state index is 11.6. The van der Waals surface area contributed by atoms with Gasteiger partial charge >= 0.3 is 5.65 Å². The molecule has 0 aliphatic carbocycles. The fourth-order valence-electron chi connectivity index (χ4n) is 1.34. The zero-order valence-corrected chi connectivity index (χ0v) is 7.89. The Hall–Kier alpha value is -1.91. The van der Waals surface area contributed by atoms with E-state index in [0.29, 0.717) is 21.3 Å². The molecule has 5 heteroatoms. The first-order valence-electron chi connectivity index (χ1n) is 4.20. The molecule has 72 valence electrons. The molecule has 0 N–H and O–H groups in total. The lowest BCUT2D eigenvalue weighted by molar-refractivity contribution is -0.476. The Kier molecular flexibility index (Phi) is 1.73. The highest BCUT2D eigenvalue weighted by Gasteiger charge is 2.13. The lowest BCUT2D eigenvalue weighted by Crippen LogP contribution is -2.25. The van der Waals surface area contributed by atoms with Gasteiger partial charge < -0.3 is 9.94 Å². The molecule has 0 radical (unpaired) electrons. The molecule has 0 fully saturated rings. The fourth-order valence-corrected chi connectivity index (χ4v) is 1.34. The number of aromatic nitrogens is 3. The van der Waals surface area contributed by atoms with E-state index in [2.05, 4.69) is 4.98 Å². The molecule has 0 bridgehead atoms. The van der Waals surface area contributed by atoms with Crippen molar-refractivity contribution in [2.24, 2.45) is 0 Å². The molecular weight excluding hydrogens is 182 g/mol. The van der Waals surface area contributed by atoms with Crippen LogP contribution in [-0.2, 0) is 0 Å². The highest BCUT2D eigenvalue weighted by Crippen LogP contribution is 2.10. The minimum Gasteiger partial charge on any atom is -0.805 e. The maximum Gasteiger partial charge on any atom is 0.390 e. The van der Waals surface area contributed by atoms with Crippen molar-refractivity contribution in [2.75, 3.05) is 0 Å². The van der Waals surface area contributed by atoms with Crippen LogP contribution in [0.15, 0.2) is 18.3 Å². The molecule has 2 rings (SSSR count). The summed E-state index contributed by atoms with van der Waals surface area (Å²) < 4.78 is 1.41. The van der Waals surface area contributed by atoms with Crippen molar-refractivity contribution in [3.63, 3.8) is 0 Å². The third kappa shape index (κ3) is 0.985. The van der Waals surface area contributed by atoms with Gasteiger partial charge in [0.15, 0.2) is 5.69 Å². The second-order valence-electron chi connectivity index (χ2n) is 3.11. The van der Waals surface area contributed by atoms with Gasteiger partial charge in [-0.2, -0.15) is 0 Å². The predicted molar refractivity (Wildman–Crippen MR) is 51.3 cm³/mol. The fraction of sp³-hybridized carbons (Fsp3) is 0.222. The third-order valence-electron chi connectivity index (χ3n) is 2.31. The summed E-state index contributed by atoms with van der Waals surface area (Å²) in [6, 6.07) is 3.21. The van der Waals surface area contributed by atoms with Crippen LogP contribution in [0.25, 0.3) is 11.2 Å². The predicted octanol–water partition coefficient (Wildman–Crippen LogP) is 0.914. The molecule has 0 saturated carbocycles. The smallest absolute Gasteiger partial charge is 0.390 e. The van der Waals surface area contributed by atoms with Gasteiger partial charge in [-0.3, -0.25) is 0 Å². The van der Waals surface area contributed by atoms with Crippen LogP contribution < -0.4 is 4.43 Å². The Morgan fingerprint density at radius 3 is 2.93 bits per heavy atom. The maximum absolute atomic E-state index is 11.6. The molecule has 0 atom stereocenters. The number of hydrogen-bond donors (Lipinski definition) is 0. The van der Waals surface area contributed by atoms with Crippen LogP contribution >= 0.6 is 0 Å². The Balaban J connectivity index is 3.10. The van der Waals surface area contributed by atoms with Gasteiger partial charge in [-0.15, -0.1) is 0 Å². The highest BCUT2D eigenvalue weighted by molar-refractivity contribution is 5.67. The molecular formula is C9H9N3O2. The van der Waals surface area contributed by atoms with Crippen molar-refractivity contribution in [3.05, 3.63) is 39.8 Å². The minimum atomic E-state index is 0.158. The van der Waals surface area contributed by atoms with E-state index in [0.717, 1.165) is 4.73 Å². The number of rotatable bonds is 0. The van der Waals surface area contributed by atoms with Crippen molar-refractivity contribution in [1.29, 1.82) is 0 Å². The quantitative estimate of drug-likeness (QED) is 0.581. The zero-order valence-electron chi connectivity index (χ0n) is 7.89. The van der Waals surface area contributed by atoms with E-state index < -0.39 is 0 Å². The van der Waals surface area contributed by atoms with Crippen LogP contribution in [0.3, 0.4) is 0 Å². The van der Waals surface area contributed by atoms with E-state index in [1.807, 2.05) is 0 Å². The third-order valence-corrected chi connectivity index (χ3v) is 2.31. The monoisotopic (exact) mass is 191 g/mol. The second-order valence-corrected chi connectivity index (χ2v) is 3.11.